The maximum absolute atomic E-state index is 14.7. The lowest BCUT2D eigenvalue weighted by molar-refractivity contribution is 0.301. The van der Waals surface area contributed by atoms with Gasteiger partial charge in [-0.2, -0.15) is 4.39 Å². The van der Waals surface area contributed by atoms with Crippen LogP contribution in [0.2, 0.25) is 0 Å². The topological polar surface area (TPSA) is 9.23 Å². The van der Waals surface area contributed by atoms with Crippen molar-refractivity contribution >= 4 is 0 Å². The third kappa shape index (κ3) is 5.18. The lowest BCUT2D eigenvalue weighted by Crippen LogP contribution is -2.16. The molecule has 0 N–H and O–H groups in total. The van der Waals surface area contributed by atoms with Crippen LogP contribution in [0.15, 0.2) is 6.07 Å². The molecule has 0 radical (unpaired) electrons. The van der Waals surface area contributed by atoms with Crippen LogP contribution in [0.1, 0.15) is 95.1 Å². The Balaban J connectivity index is 2.18. The van der Waals surface area contributed by atoms with E-state index in [1.165, 1.54) is 39.2 Å². The number of ether oxygens (including phenoxy) is 1. The molecule has 0 spiro atoms. The summed E-state index contributed by atoms with van der Waals surface area (Å²) in [5.41, 5.74) is 1.60. The monoisotopic (exact) mass is 352 g/mol. The van der Waals surface area contributed by atoms with E-state index in [0.717, 1.165) is 43.6 Å². The molecule has 1 aliphatic carbocycles. The highest BCUT2D eigenvalue weighted by atomic mass is 19.2. The molecule has 3 heteroatoms. The van der Waals surface area contributed by atoms with E-state index in [2.05, 4.69) is 13.8 Å². The quantitative estimate of drug-likeness (QED) is 0.428. The molecule has 0 atom stereocenters. The van der Waals surface area contributed by atoms with Gasteiger partial charge in [0.1, 0.15) is 0 Å². The van der Waals surface area contributed by atoms with E-state index in [0.29, 0.717) is 17.9 Å². The van der Waals surface area contributed by atoms with E-state index >= 15 is 0 Å². The zero-order valence-corrected chi connectivity index (χ0v) is 16.2. The van der Waals surface area contributed by atoms with Gasteiger partial charge in [-0.05, 0) is 67.6 Å². The van der Waals surface area contributed by atoms with Crippen LogP contribution in [0.5, 0.6) is 5.75 Å². The number of unbranched alkanes of at least 4 members (excludes halogenated alkanes) is 3. The molecule has 1 aromatic carbocycles. The summed E-state index contributed by atoms with van der Waals surface area (Å²) in [7, 11) is 1.42. The molecule has 1 aromatic rings. The van der Waals surface area contributed by atoms with Gasteiger partial charge in [0.05, 0.1) is 7.11 Å². The van der Waals surface area contributed by atoms with Crippen LogP contribution < -0.4 is 4.74 Å². The average Bonchev–Trinajstić information content (AvgIpc) is 2.64. The molecule has 142 valence electrons. The zero-order valence-electron chi connectivity index (χ0n) is 16.2. The molecule has 0 unspecified atom stereocenters. The molecule has 0 saturated heterocycles. The first-order valence-electron chi connectivity index (χ1n) is 10.2. The van der Waals surface area contributed by atoms with Gasteiger partial charge in [-0.3, -0.25) is 0 Å². The summed E-state index contributed by atoms with van der Waals surface area (Å²) in [6.45, 7) is 4.37. The van der Waals surface area contributed by atoms with Crippen LogP contribution in [0.3, 0.4) is 0 Å². The van der Waals surface area contributed by atoms with Crippen LogP contribution in [-0.4, -0.2) is 7.11 Å². The zero-order chi connectivity index (χ0) is 18.2. The second kappa shape index (κ2) is 10.1. The summed E-state index contributed by atoms with van der Waals surface area (Å²) in [5.74, 6) is -0.293. The number of hydrogen-bond acceptors (Lipinski definition) is 1. The molecule has 25 heavy (non-hydrogen) atoms. The highest BCUT2D eigenvalue weighted by Gasteiger charge is 2.27. The Morgan fingerprint density at radius 1 is 0.960 bits per heavy atom. The predicted octanol–water partition coefficient (Wildman–Crippen LogP) is 7.17. The maximum atomic E-state index is 14.7. The van der Waals surface area contributed by atoms with Gasteiger partial charge in [-0.1, -0.05) is 46.0 Å². The summed E-state index contributed by atoms with van der Waals surface area (Å²) in [6, 6.07) is 1.77. The first-order chi connectivity index (χ1) is 12.1. The Kier molecular flexibility index (Phi) is 8.18. The molecule has 0 heterocycles. The molecular weight excluding hydrogens is 318 g/mol. The minimum absolute atomic E-state index is 0.0554. The SMILES string of the molecule is CCCCCc1c(C2CCC(CCCC)CC2)cc(OC)c(F)c1F. The largest absolute Gasteiger partial charge is 0.494 e. The van der Waals surface area contributed by atoms with Crippen LogP contribution >= 0.6 is 0 Å². The molecule has 1 aliphatic rings. The van der Waals surface area contributed by atoms with Gasteiger partial charge in [0, 0.05) is 0 Å². The molecule has 1 fully saturated rings. The summed E-state index contributed by atoms with van der Waals surface area (Å²) < 4.78 is 34.0. The Morgan fingerprint density at radius 3 is 2.24 bits per heavy atom. The first kappa shape index (κ1) is 20.2. The van der Waals surface area contributed by atoms with Gasteiger partial charge in [-0.15, -0.1) is 0 Å². The maximum Gasteiger partial charge on any atom is 0.200 e. The van der Waals surface area contributed by atoms with Crippen LogP contribution in [0.4, 0.5) is 8.78 Å². The second-order valence-electron chi connectivity index (χ2n) is 7.59. The molecule has 1 saturated carbocycles. The van der Waals surface area contributed by atoms with Gasteiger partial charge >= 0.3 is 0 Å². The van der Waals surface area contributed by atoms with Crippen molar-refractivity contribution in [3.8, 4) is 5.75 Å². The fraction of sp³-hybridized carbons (Fsp3) is 0.727. The van der Waals surface area contributed by atoms with Gasteiger partial charge in [0.25, 0.3) is 0 Å². The molecule has 2 rings (SSSR count). The van der Waals surface area contributed by atoms with Crippen LogP contribution in [0, 0.1) is 17.6 Å². The summed E-state index contributed by atoms with van der Waals surface area (Å²) in [6.07, 6.45) is 12.1. The summed E-state index contributed by atoms with van der Waals surface area (Å²) in [5, 5.41) is 0. The lowest BCUT2D eigenvalue weighted by Gasteiger charge is -2.30. The van der Waals surface area contributed by atoms with E-state index in [1.807, 2.05) is 0 Å². The third-order valence-electron chi connectivity index (χ3n) is 5.81. The van der Waals surface area contributed by atoms with E-state index in [-0.39, 0.29) is 5.75 Å². The molecule has 0 bridgehead atoms. The highest BCUT2D eigenvalue weighted by Crippen LogP contribution is 2.41. The fourth-order valence-electron chi connectivity index (χ4n) is 4.23. The summed E-state index contributed by atoms with van der Waals surface area (Å²) in [4.78, 5) is 0. The smallest absolute Gasteiger partial charge is 0.200 e. The standard InChI is InChI=1S/C22H34F2O/c1-4-6-8-10-18-19(15-20(25-3)22(24)21(18)23)17-13-11-16(12-14-17)9-7-5-2/h15-17H,4-14H2,1-3H3. The van der Waals surface area contributed by atoms with Gasteiger partial charge in [0.15, 0.2) is 11.6 Å². The number of hydrogen-bond donors (Lipinski definition) is 0. The van der Waals surface area contributed by atoms with Crippen molar-refractivity contribution in [1.82, 2.24) is 0 Å². The number of benzene rings is 1. The van der Waals surface area contributed by atoms with Crippen molar-refractivity contribution < 1.29 is 13.5 Å². The molecule has 0 amide bonds. The second-order valence-corrected chi connectivity index (χ2v) is 7.59. The molecule has 0 aromatic heterocycles. The molecular formula is C22H34F2O. The van der Waals surface area contributed by atoms with Crippen molar-refractivity contribution in [1.29, 1.82) is 0 Å². The van der Waals surface area contributed by atoms with E-state index < -0.39 is 11.6 Å². The average molecular weight is 353 g/mol. The first-order valence-corrected chi connectivity index (χ1v) is 10.2. The summed E-state index contributed by atoms with van der Waals surface area (Å²) >= 11 is 0. The van der Waals surface area contributed by atoms with E-state index in [9.17, 15) is 8.78 Å². The Bertz CT molecular complexity index is 533. The number of rotatable bonds is 9. The number of methoxy groups -OCH3 is 1. The molecule has 1 nitrogen and oxygen atoms in total. The van der Waals surface area contributed by atoms with Crippen molar-refractivity contribution in [3.63, 3.8) is 0 Å². The highest BCUT2D eigenvalue weighted by molar-refractivity contribution is 5.41. The Hall–Kier alpha value is -1.12. The fourth-order valence-corrected chi connectivity index (χ4v) is 4.23. The minimum atomic E-state index is -0.825. The Morgan fingerprint density at radius 2 is 1.64 bits per heavy atom. The Labute approximate surface area is 152 Å². The van der Waals surface area contributed by atoms with Crippen LogP contribution in [0.25, 0.3) is 0 Å². The molecule has 0 aliphatic heterocycles. The van der Waals surface area contributed by atoms with Crippen LogP contribution in [-0.2, 0) is 6.42 Å². The van der Waals surface area contributed by atoms with Gasteiger partial charge < -0.3 is 4.74 Å². The minimum Gasteiger partial charge on any atom is -0.494 e. The predicted molar refractivity (Wildman–Crippen MR) is 100 cm³/mol. The van der Waals surface area contributed by atoms with Gasteiger partial charge in [0.2, 0.25) is 5.82 Å². The van der Waals surface area contributed by atoms with Crippen molar-refractivity contribution in [2.24, 2.45) is 5.92 Å². The van der Waals surface area contributed by atoms with E-state index in [1.54, 1.807) is 6.07 Å². The van der Waals surface area contributed by atoms with Crippen molar-refractivity contribution in [3.05, 3.63) is 28.8 Å². The van der Waals surface area contributed by atoms with E-state index in [4.69, 9.17) is 4.74 Å². The number of halogens is 2. The third-order valence-corrected chi connectivity index (χ3v) is 5.81. The normalized spacial score (nSPS) is 20.7. The lowest BCUT2D eigenvalue weighted by atomic mass is 9.75. The van der Waals surface area contributed by atoms with Crippen molar-refractivity contribution in [2.45, 2.75) is 90.4 Å². The van der Waals surface area contributed by atoms with Crippen molar-refractivity contribution in [2.75, 3.05) is 7.11 Å². The van der Waals surface area contributed by atoms with Gasteiger partial charge in [-0.25, -0.2) is 4.39 Å².